The first kappa shape index (κ1) is 15.2. The van der Waals surface area contributed by atoms with Gasteiger partial charge in [-0.3, -0.25) is 9.59 Å². The summed E-state index contributed by atoms with van der Waals surface area (Å²) in [5.74, 6) is -1.29. The molecule has 0 spiro atoms. The highest BCUT2D eigenvalue weighted by Crippen LogP contribution is 2.17. The summed E-state index contributed by atoms with van der Waals surface area (Å²) in [4.78, 5) is 22.9. The lowest BCUT2D eigenvalue weighted by Gasteiger charge is -2.20. The van der Waals surface area contributed by atoms with E-state index < -0.39 is 12.0 Å². The minimum absolute atomic E-state index is 0.123. The molecular formula is C14H20N2O3. The standard InChI is InChI=1S/C14H20N2O3/c1-10(9-15-2)14(19)16-12(8-13(17)18)11-6-4-3-5-7-11/h3-7,10,12,15H,8-9H2,1-2H3,(H,16,19)(H,17,18). The lowest BCUT2D eigenvalue weighted by molar-refractivity contribution is -0.137. The van der Waals surface area contributed by atoms with Crippen LogP contribution in [0.4, 0.5) is 0 Å². The van der Waals surface area contributed by atoms with Crippen LogP contribution in [0.5, 0.6) is 0 Å². The molecule has 0 heterocycles. The fraction of sp³-hybridized carbons (Fsp3) is 0.429. The topological polar surface area (TPSA) is 78.4 Å². The van der Waals surface area contributed by atoms with E-state index in [4.69, 9.17) is 5.11 Å². The Bertz CT molecular complexity index is 420. The maximum atomic E-state index is 12.0. The summed E-state index contributed by atoms with van der Waals surface area (Å²) >= 11 is 0. The van der Waals surface area contributed by atoms with Gasteiger partial charge in [-0.2, -0.15) is 0 Å². The zero-order valence-corrected chi connectivity index (χ0v) is 11.2. The van der Waals surface area contributed by atoms with Crippen molar-refractivity contribution in [2.24, 2.45) is 5.92 Å². The molecule has 5 nitrogen and oxygen atoms in total. The Morgan fingerprint density at radius 1 is 1.26 bits per heavy atom. The van der Waals surface area contributed by atoms with Crippen LogP contribution in [-0.2, 0) is 9.59 Å². The molecule has 1 rings (SSSR count). The summed E-state index contributed by atoms with van der Waals surface area (Å²) in [6.45, 7) is 2.36. The van der Waals surface area contributed by atoms with E-state index in [1.54, 1.807) is 14.0 Å². The number of nitrogens with one attached hydrogen (secondary N) is 2. The van der Waals surface area contributed by atoms with Crippen LogP contribution in [0, 0.1) is 5.92 Å². The van der Waals surface area contributed by atoms with Crippen molar-refractivity contribution < 1.29 is 14.7 Å². The Morgan fingerprint density at radius 3 is 2.42 bits per heavy atom. The van der Waals surface area contributed by atoms with E-state index in [1.807, 2.05) is 30.3 Å². The SMILES string of the molecule is CNCC(C)C(=O)NC(CC(=O)O)c1ccccc1. The van der Waals surface area contributed by atoms with Crippen molar-refractivity contribution in [3.63, 3.8) is 0 Å². The van der Waals surface area contributed by atoms with Crippen LogP contribution in [-0.4, -0.2) is 30.6 Å². The van der Waals surface area contributed by atoms with E-state index in [1.165, 1.54) is 0 Å². The van der Waals surface area contributed by atoms with E-state index in [-0.39, 0.29) is 18.2 Å². The van der Waals surface area contributed by atoms with E-state index in [0.29, 0.717) is 6.54 Å². The third-order valence-electron chi connectivity index (χ3n) is 2.86. The van der Waals surface area contributed by atoms with Crippen LogP contribution in [0.15, 0.2) is 30.3 Å². The van der Waals surface area contributed by atoms with Gasteiger partial charge in [0.1, 0.15) is 0 Å². The van der Waals surface area contributed by atoms with Crippen molar-refractivity contribution in [2.45, 2.75) is 19.4 Å². The molecule has 1 aromatic carbocycles. The zero-order valence-electron chi connectivity index (χ0n) is 11.2. The van der Waals surface area contributed by atoms with Gasteiger partial charge in [0.15, 0.2) is 0 Å². The number of hydrogen-bond acceptors (Lipinski definition) is 3. The second-order valence-electron chi connectivity index (χ2n) is 4.53. The lowest BCUT2D eigenvalue weighted by Crippen LogP contribution is -2.37. The molecule has 104 valence electrons. The fourth-order valence-corrected chi connectivity index (χ4v) is 1.83. The van der Waals surface area contributed by atoms with Crippen molar-refractivity contribution in [3.05, 3.63) is 35.9 Å². The summed E-state index contributed by atoms with van der Waals surface area (Å²) in [7, 11) is 1.77. The van der Waals surface area contributed by atoms with Crippen LogP contribution in [0.1, 0.15) is 24.9 Å². The molecule has 0 radical (unpaired) electrons. The van der Waals surface area contributed by atoms with Crippen molar-refractivity contribution in [1.82, 2.24) is 10.6 Å². The molecule has 0 saturated heterocycles. The molecule has 0 bridgehead atoms. The number of carboxylic acids is 1. The van der Waals surface area contributed by atoms with Gasteiger partial charge in [-0.25, -0.2) is 0 Å². The lowest BCUT2D eigenvalue weighted by atomic mass is 10.0. The normalized spacial score (nSPS) is 13.6. The molecule has 2 unspecified atom stereocenters. The van der Waals surface area contributed by atoms with Crippen LogP contribution in [0.2, 0.25) is 0 Å². The van der Waals surface area contributed by atoms with Crippen LogP contribution < -0.4 is 10.6 Å². The van der Waals surface area contributed by atoms with Gasteiger partial charge in [-0.1, -0.05) is 37.3 Å². The van der Waals surface area contributed by atoms with Crippen LogP contribution in [0.3, 0.4) is 0 Å². The van der Waals surface area contributed by atoms with E-state index in [0.717, 1.165) is 5.56 Å². The molecule has 0 fully saturated rings. The highest BCUT2D eigenvalue weighted by Gasteiger charge is 2.20. The first-order chi connectivity index (χ1) is 9.04. The molecule has 19 heavy (non-hydrogen) atoms. The van der Waals surface area contributed by atoms with Gasteiger partial charge >= 0.3 is 5.97 Å². The minimum Gasteiger partial charge on any atom is -0.481 e. The quantitative estimate of drug-likeness (QED) is 0.691. The van der Waals surface area contributed by atoms with Gasteiger partial charge in [0.05, 0.1) is 12.5 Å². The number of carbonyl (C=O) groups is 2. The Morgan fingerprint density at radius 2 is 1.89 bits per heavy atom. The highest BCUT2D eigenvalue weighted by molar-refractivity contribution is 5.80. The Hall–Kier alpha value is -1.88. The predicted octanol–water partition coefficient (Wildman–Crippen LogP) is 1.17. The summed E-state index contributed by atoms with van der Waals surface area (Å²) in [5.41, 5.74) is 0.801. The smallest absolute Gasteiger partial charge is 0.305 e. The predicted molar refractivity (Wildman–Crippen MR) is 72.7 cm³/mol. The van der Waals surface area contributed by atoms with E-state index in [2.05, 4.69) is 10.6 Å². The molecule has 5 heteroatoms. The summed E-state index contributed by atoms with van der Waals surface area (Å²) in [5, 5.41) is 14.7. The number of carbonyl (C=O) groups excluding carboxylic acids is 1. The van der Waals surface area contributed by atoms with Crippen LogP contribution in [0.25, 0.3) is 0 Å². The first-order valence-corrected chi connectivity index (χ1v) is 6.26. The average molecular weight is 264 g/mol. The maximum Gasteiger partial charge on any atom is 0.305 e. The largest absolute Gasteiger partial charge is 0.481 e. The molecular weight excluding hydrogens is 244 g/mol. The van der Waals surface area contributed by atoms with Gasteiger partial charge in [0.2, 0.25) is 5.91 Å². The fourth-order valence-electron chi connectivity index (χ4n) is 1.83. The molecule has 0 saturated carbocycles. The van der Waals surface area contributed by atoms with Crippen molar-refractivity contribution >= 4 is 11.9 Å². The highest BCUT2D eigenvalue weighted by atomic mass is 16.4. The van der Waals surface area contributed by atoms with Gasteiger partial charge < -0.3 is 15.7 Å². The molecule has 1 amide bonds. The molecule has 0 aliphatic carbocycles. The second kappa shape index (κ2) is 7.53. The molecule has 3 N–H and O–H groups in total. The molecule has 0 aliphatic heterocycles. The Labute approximate surface area is 113 Å². The Balaban J connectivity index is 2.76. The van der Waals surface area contributed by atoms with Crippen LogP contribution >= 0.6 is 0 Å². The van der Waals surface area contributed by atoms with Crippen molar-refractivity contribution in [2.75, 3.05) is 13.6 Å². The van der Waals surface area contributed by atoms with E-state index in [9.17, 15) is 9.59 Å². The third-order valence-corrected chi connectivity index (χ3v) is 2.86. The third kappa shape index (κ3) is 5.09. The monoisotopic (exact) mass is 264 g/mol. The molecule has 0 aliphatic rings. The number of carboxylic acid groups (broad SMARTS) is 1. The van der Waals surface area contributed by atoms with Crippen molar-refractivity contribution in [3.8, 4) is 0 Å². The summed E-state index contributed by atoms with van der Waals surface area (Å²) < 4.78 is 0. The first-order valence-electron chi connectivity index (χ1n) is 6.26. The zero-order chi connectivity index (χ0) is 14.3. The average Bonchev–Trinajstić information content (AvgIpc) is 2.38. The Kier molecular flexibility index (Phi) is 6.02. The summed E-state index contributed by atoms with van der Waals surface area (Å²) in [6, 6.07) is 8.64. The second-order valence-corrected chi connectivity index (χ2v) is 4.53. The summed E-state index contributed by atoms with van der Waals surface area (Å²) in [6.07, 6.45) is -0.123. The number of amides is 1. The van der Waals surface area contributed by atoms with E-state index >= 15 is 0 Å². The molecule has 0 aromatic heterocycles. The number of rotatable bonds is 7. The van der Waals surface area contributed by atoms with Gasteiger partial charge in [-0.15, -0.1) is 0 Å². The van der Waals surface area contributed by atoms with Gasteiger partial charge in [0, 0.05) is 12.5 Å². The molecule has 1 aromatic rings. The van der Waals surface area contributed by atoms with Crippen molar-refractivity contribution in [1.29, 1.82) is 0 Å². The number of benzene rings is 1. The minimum atomic E-state index is -0.935. The maximum absolute atomic E-state index is 12.0. The number of aliphatic carboxylic acids is 1. The van der Waals surface area contributed by atoms with Gasteiger partial charge in [-0.05, 0) is 12.6 Å². The number of hydrogen-bond donors (Lipinski definition) is 3. The molecule has 2 atom stereocenters. The van der Waals surface area contributed by atoms with Gasteiger partial charge in [0.25, 0.3) is 0 Å².